The predicted molar refractivity (Wildman–Crippen MR) is 60.1 cm³/mol. The standard InChI is InChI=1S/C12H24N2/c1-4-6-12(3,5-2)14-7-9-10(8-14)11(9)13/h9-11H,4-8,13H2,1-3H3. The van der Waals surface area contributed by atoms with Crippen LogP contribution in [-0.2, 0) is 0 Å². The summed E-state index contributed by atoms with van der Waals surface area (Å²) < 4.78 is 0. The van der Waals surface area contributed by atoms with E-state index < -0.39 is 0 Å². The van der Waals surface area contributed by atoms with E-state index in [4.69, 9.17) is 5.73 Å². The summed E-state index contributed by atoms with van der Waals surface area (Å²) in [5.41, 5.74) is 6.41. The first kappa shape index (κ1) is 10.4. The Morgan fingerprint density at radius 3 is 2.29 bits per heavy atom. The largest absolute Gasteiger partial charge is 0.327 e. The number of hydrogen-bond donors (Lipinski definition) is 1. The van der Waals surface area contributed by atoms with Crippen molar-refractivity contribution in [3.05, 3.63) is 0 Å². The number of piperidine rings is 1. The lowest BCUT2D eigenvalue weighted by molar-refractivity contribution is 0.102. The summed E-state index contributed by atoms with van der Waals surface area (Å²) >= 11 is 0. The second-order valence-corrected chi connectivity index (χ2v) is 5.41. The monoisotopic (exact) mass is 196 g/mol. The first-order chi connectivity index (χ1) is 6.62. The minimum absolute atomic E-state index is 0.446. The van der Waals surface area contributed by atoms with Gasteiger partial charge in [0.05, 0.1) is 0 Å². The molecule has 2 fully saturated rings. The number of hydrogen-bond acceptors (Lipinski definition) is 2. The Morgan fingerprint density at radius 1 is 1.29 bits per heavy atom. The summed E-state index contributed by atoms with van der Waals surface area (Å²) in [5, 5.41) is 0. The number of fused-ring (bicyclic) bond motifs is 1. The van der Waals surface area contributed by atoms with Crippen LogP contribution in [0.25, 0.3) is 0 Å². The van der Waals surface area contributed by atoms with Gasteiger partial charge in [0.15, 0.2) is 0 Å². The van der Waals surface area contributed by atoms with Crippen molar-refractivity contribution in [2.24, 2.45) is 17.6 Å². The molecule has 0 radical (unpaired) electrons. The Balaban J connectivity index is 1.94. The zero-order chi connectivity index (χ0) is 10.3. The van der Waals surface area contributed by atoms with Crippen LogP contribution < -0.4 is 5.73 Å². The third kappa shape index (κ3) is 1.49. The Morgan fingerprint density at radius 2 is 1.86 bits per heavy atom. The molecule has 0 aromatic carbocycles. The molecule has 0 spiro atoms. The maximum absolute atomic E-state index is 5.97. The summed E-state index contributed by atoms with van der Waals surface area (Å²) in [6.45, 7) is 9.55. The average molecular weight is 196 g/mol. The summed E-state index contributed by atoms with van der Waals surface area (Å²) in [6, 6.07) is 0.536. The molecule has 3 atom stereocenters. The van der Waals surface area contributed by atoms with E-state index in [1.165, 1.54) is 32.4 Å². The van der Waals surface area contributed by atoms with Gasteiger partial charge in [0, 0.05) is 24.7 Å². The molecule has 0 bridgehead atoms. The van der Waals surface area contributed by atoms with Gasteiger partial charge in [-0.3, -0.25) is 4.90 Å². The smallest absolute Gasteiger partial charge is 0.0179 e. The van der Waals surface area contributed by atoms with Crippen molar-refractivity contribution in [1.29, 1.82) is 0 Å². The highest BCUT2D eigenvalue weighted by Gasteiger charge is 2.55. The van der Waals surface area contributed by atoms with Crippen molar-refractivity contribution in [3.8, 4) is 0 Å². The minimum atomic E-state index is 0.446. The molecule has 0 aromatic rings. The van der Waals surface area contributed by atoms with Gasteiger partial charge in [0.25, 0.3) is 0 Å². The van der Waals surface area contributed by atoms with Crippen molar-refractivity contribution in [1.82, 2.24) is 4.90 Å². The summed E-state index contributed by atoms with van der Waals surface area (Å²) in [4.78, 5) is 2.69. The molecule has 1 saturated carbocycles. The van der Waals surface area contributed by atoms with E-state index in [9.17, 15) is 0 Å². The molecule has 1 saturated heterocycles. The highest BCUT2D eigenvalue weighted by molar-refractivity contribution is 5.11. The van der Waals surface area contributed by atoms with Crippen molar-refractivity contribution >= 4 is 0 Å². The molecule has 2 aliphatic rings. The van der Waals surface area contributed by atoms with Gasteiger partial charge in [-0.05, 0) is 31.6 Å². The molecular formula is C12H24N2. The average Bonchev–Trinajstić information content (AvgIpc) is 2.67. The van der Waals surface area contributed by atoms with E-state index in [0.29, 0.717) is 11.6 Å². The molecule has 14 heavy (non-hydrogen) atoms. The topological polar surface area (TPSA) is 29.3 Å². The van der Waals surface area contributed by atoms with Crippen molar-refractivity contribution in [3.63, 3.8) is 0 Å². The first-order valence-electron chi connectivity index (χ1n) is 6.13. The van der Waals surface area contributed by atoms with E-state index >= 15 is 0 Å². The van der Waals surface area contributed by atoms with Crippen LogP contribution in [0.2, 0.25) is 0 Å². The van der Waals surface area contributed by atoms with E-state index in [2.05, 4.69) is 25.7 Å². The molecule has 0 aromatic heterocycles. The lowest BCUT2D eigenvalue weighted by Crippen LogP contribution is -2.46. The quantitative estimate of drug-likeness (QED) is 0.743. The fourth-order valence-corrected chi connectivity index (χ4v) is 3.11. The summed E-state index contributed by atoms with van der Waals surface area (Å²) in [5.74, 6) is 1.66. The lowest BCUT2D eigenvalue weighted by atomic mass is 9.91. The molecule has 1 aliphatic carbocycles. The second-order valence-electron chi connectivity index (χ2n) is 5.41. The molecule has 2 N–H and O–H groups in total. The van der Waals surface area contributed by atoms with Crippen LogP contribution in [0.15, 0.2) is 0 Å². The summed E-state index contributed by atoms with van der Waals surface area (Å²) in [6.07, 6.45) is 3.90. The van der Waals surface area contributed by atoms with Gasteiger partial charge in [-0.1, -0.05) is 20.3 Å². The third-order valence-electron chi connectivity index (χ3n) is 4.57. The Hall–Kier alpha value is -0.0800. The molecule has 82 valence electrons. The number of nitrogens with zero attached hydrogens (tertiary/aromatic N) is 1. The van der Waals surface area contributed by atoms with Crippen LogP contribution >= 0.6 is 0 Å². The van der Waals surface area contributed by atoms with Gasteiger partial charge in [0.1, 0.15) is 0 Å². The Bertz CT molecular complexity index is 204. The highest BCUT2D eigenvalue weighted by Crippen LogP contribution is 2.47. The van der Waals surface area contributed by atoms with Crippen LogP contribution in [0.3, 0.4) is 0 Å². The molecule has 2 nitrogen and oxygen atoms in total. The van der Waals surface area contributed by atoms with Crippen molar-refractivity contribution in [2.75, 3.05) is 13.1 Å². The zero-order valence-electron chi connectivity index (χ0n) is 9.79. The van der Waals surface area contributed by atoms with Gasteiger partial charge in [-0.15, -0.1) is 0 Å². The third-order valence-corrected chi connectivity index (χ3v) is 4.57. The van der Waals surface area contributed by atoms with Gasteiger partial charge in [-0.25, -0.2) is 0 Å². The Kier molecular flexibility index (Phi) is 2.61. The summed E-state index contributed by atoms with van der Waals surface area (Å²) in [7, 11) is 0. The molecule has 2 rings (SSSR count). The van der Waals surface area contributed by atoms with Crippen LogP contribution in [0.1, 0.15) is 40.0 Å². The van der Waals surface area contributed by atoms with Crippen molar-refractivity contribution < 1.29 is 0 Å². The first-order valence-corrected chi connectivity index (χ1v) is 6.13. The Labute approximate surface area is 87.8 Å². The predicted octanol–water partition coefficient (Wildman–Crippen LogP) is 1.84. The molecule has 1 heterocycles. The molecule has 3 unspecified atom stereocenters. The minimum Gasteiger partial charge on any atom is -0.327 e. The number of rotatable bonds is 4. The van der Waals surface area contributed by atoms with Crippen LogP contribution in [0, 0.1) is 11.8 Å². The van der Waals surface area contributed by atoms with Gasteiger partial charge >= 0.3 is 0 Å². The van der Waals surface area contributed by atoms with E-state index in [1.807, 2.05) is 0 Å². The maximum Gasteiger partial charge on any atom is 0.0179 e. The molecule has 1 aliphatic heterocycles. The zero-order valence-corrected chi connectivity index (χ0v) is 9.79. The normalized spacial score (nSPS) is 40.7. The SMILES string of the molecule is CCCC(C)(CC)N1CC2C(N)C2C1. The lowest BCUT2D eigenvalue weighted by Gasteiger charge is -2.39. The fourth-order valence-electron chi connectivity index (χ4n) is 3.11. The molecule has 2 heteroatoms. The second kappa shape index (κ2) is 3.49. The maximum atomic E-state index is 5.97. The van der Waals surface area contributed by atoms with Gasteiger partial charge in [-0.2, -0.15) is 0 Å². The van der Waals surface area contributed by atoms with Gasteiger partial charge < -0.3 is 5.73 Å². The highest BCUT2D eigenvalue weighted by atomic mass is 15.3. The van der Waals surface area contributed by atoms with E-state index in [-0.39, 0.29) is 0 Å². The van der Waals surface area contributed by atoms with Gasteiger partial charge in [0.2, 0.25) is 0 Å². The van der Waals surface area contributed by atoms with Crippen LogP contribution in [-0.4, -0.2) is 29.6 Å². The van der Waals surface area contributed by atoms with Crippen LogP contribution in [0.4, 0.5) is 0 Å². The molecule has 0 amide bonds. The molecular weight excluding hydrogens is 172 g/mol. The van der Waals surface area contributed by atoms with E-state index in [1.54, 1.807) is 0 Å². The van der Waals surface area contributed by atoms with Crippen molar-refractivity contribution in [2.45, 2.75) is 51.6 Å². The van der Waals surface area contributed by atoms with E-state index in [0.717, 1.165) is 11.8 Å². The van der Waals surface area contributed by atoms with Crippen LogP contribution in [0.5, 0.6) is 0 Å². The fraction of sp³-hybridized carbons (Fsp3) is 1.00. The number of nitrogens with two attached hydrogens (primary N) is 1. The number of likely N-dealkylation sites (tertiary alicyclic amines) is 1.